The van der Waals surface area contributed by atoms with E-state index >= 15 is 0 Å². The molecule has 1 unspecified atom stereocenters. The number of ether oxygens (including phenoxy) is 1. The molecule has 0 heterocycles. The topological polar surface area (TPSA) is 71.9 Å². The molecule has 0 fully saturated rings. The minimum atomic E-state index is -0.434. The van der Waals surface area contributed by atoms with Crippen molar-refractivity contribution in [2.24, 2.45) is 5.92 Å². The molecule has 6 nitrogen and oxygen atoms in total. The Labute approximate surface area is 131 Å². The Hall–Kier alpha value is -2.08. The lowest BCUT2D eigenvalue weighted by molar-refractivity contribution is -0.885. The highest BCUT2D eigenvalue weighted by molar-refractivity contribution is 5.94. The monoisotopic (exact) mass is 308 g/mol. The molecule has 0 saturated carbocycles. The number of imide groups is 1. The lowest BCUT2D eigenvalue weighted by Crippen LogP contribution is -3.09. The van der Waals surface area contributed by atoms with Crippen LogP contribution >= 0.6 is 0 Å². The normalized spacial score (nSPS) is 11.9. The molecule has 0 aliphatic heterocycles. The highest BCUT2D eigenvalue weighted by atomic mass is 16.5. The van der Waals surface area contributed by atoms with Gasteiger partial charge in [-0.2, -0.15) is 0 Å². The van der Waals surface area contributed by atoms with Gasteiger partial charge in [0.2, 0.25) is 0 Å². The molecule has 1 aromatic carbocycles. The van der Waals surface area contributed by atoms with E-state index in [1.807, 2.05) is 45.2 Å². The van der Waals surface area contributed by atoms with Gasteiger partial charge in [0.25, 0.3) is 5.91 Å². The summed E-state index contributed by atoms with van der Waals surface area (Å²) >= 11 is 0. The zero-order chi connectivity index (χ0) is 16.5. The maximum atomic E-state index is 11.8. The van der Waals surface area contributed by atoms with E-state index < -0.39 is 6.03 Å². The number of amides is 3. The highest BCUT2D eigenvalue weighted by Crippen LogP contribution is 2.10. The van der Waals surface area contributed by atoms with Gasteiger partial charge in [0.05, 0.1) is 14.2 Å². The fourth-order valence-corrected chi connectivity index (χ4v) is 1.94. The van der Waals surface area contributed by atoms with Crippen LogP contribution in [0.4, 0.5) is 4.79 Å². The quantitative estimate of drug-likeness (QED) is 0.673. The lowest BCUT2D eigenvalue weighted by atomic mass is 10.2. The van der Waals surface area contributed by atoms with Crippen LogP contribution in [0, 0.1) is 5.92 Å². The molecule has 0 bridgehead atoms. The van der Waals surface area contributed by atoms with Crippen LogP contribution in [-0.4, -0.2) is 39.2 Å². The average Bonchev–Trinajstić information content (AvgIpc) is 2.45. The number of quaternary nitrogens is 1. The number of carbonyl (C=O) groups is 2. The van der Waals surface area contributed by atoms with Gasteiger partial charge in [-0.05, 0) is 30.2 Å². The fourth-order valence-electron chi connectivity index (χ4n) is 1.94. The molecule has 0 aliphatic rings. The minimum Gasteiger partial charge on any atom is -0.497 e. The van der Waals surface area contributed by atoms with E-state index in [-0.39, 0.29) is 12.5 Å². The van der Waals surface area contributed by atoms with Crippen LogP contribution in [-0.2, 0) is 11.3 Å². The van der Waals surface area contributed by atoms with Crippen molar-refractivity contribution in [2.45, 2.75) is 20.4 Å². The van der Waals surface area contributed by atoms with Crippen LogP contribution < -0.4 is 20.3 Å². The number of hydrogen-bond acceptors (Lipinski definition) is 3. The van der Waals surface area contributed by atoms with Gasteiger partial charge in [-0.15, -0.1) is 0 Å². The van der Waals surface area contributed by atoms with Crippen molar-refractivity contribution in [3.05, 3.63) is 29.8 Å². The van der Waals surface area contributed by atoms with E-state index in [2.05, 4.69) is 10.6 Å². The first-order valence-electron chi connectivity index (χ1n) is 7.42. The van der Waals surface area contributed by atoms with Gasteiger partial charge in [-0.25, -0.2) is 4.79 Å². The third-order valence-corrected chi connectivity index (χ3v) is 3.05. The summed E-state index contributed by atoms with van der Waals surface area (Å²) in [6, 6.07) is 7.28. The molecule has 0 radical (unpaired) electrons. The van der Waals surface area contributed by atoms with Gasteiger partial charge in [-0.3, -0.25) is 10.1 Å². The molecule has 1 atom stereocenters. The van der Waals surface area contributed by atoms with Crippen LogP contribution in [0.25, 0.3) is 0 Å². The van der Waals surface area contributed by atoms with Gasteiger partial charge in [0, 0.05) is 12.1 Å². The van der Waals surface area contributed by atoms with E-state index in [4.69, 9.17) is 4.74 Å². The number of likely N-dealkylation sites (N-methyl/N-ethyl adjacent to an activating group) is 1. The number of methoxy groups -OCH3 is 1. The highest BCUT2D eigenvalue weighted by Gasteiger charge is 2.13. The Bertz CT molecular complexity index is 486. The standard InChI is InChI=1S/C16H25N3O3/c1-12(2)9-17-16(21)18-15(20)11-19(3)10-13-5-7-14(22-4)8-6-13/h5-8,12H,9-11H2,1-4H3,(H2,17,18,20,21)/p+1. The first-order valence-corrected chi connectivity index (χ1v) is 7.42. The number of urea groups is 1. The predicted octanol–water partition coefficient (Wildman–Crippen LogP) is 0.192. The number of hydrogen-bond donors (Lipinski definition) is 3. The second-order valence-corrected chi connectivity index (χ2v) is 5.81. The number of carbonyl (C=O) groups excluding carboxylic acids is 2. The molecule has 22 heavy (non-hydrogen) atoms. The summed E-state index contributed by atoms with van der Waals surface area (Å²) in [7, 11) is 3.54. The first-order chi connectivity index (χ1) is 10.4. The van der Waals surface area contributed by atoms with Crippen LogP contribution in [0.5, 0.6) is 5.75 Å². The third-order valence-electron chi connectivity index (χ3n) is 3.05. The van der Waals surface area contributed by atoms with Crippen molar-refractivity contribution >= 4 is 11.9 Å². The summed E-state index contributed by atoms with van der Waals surface area (Å²) in [6.45, 7) is 5.48. The average molecular weight is 308 g/mol. The molecule has 0 saturated heterocycles. The Morgan fingerprint density at radius 1 is 1.23 bits per heavy atom. The van der Waals surface area contributed by atoms with Crippen LogP contribution in [0.3, 0.4) is 0 Å². The third kappa shape index (κ3) is 7.08. The SMILES string of the molecule is COc1ccc(C[NH+](C)CC(=O)NC(=O)NCC(C)C)cc1. The molecule has 0 spiro atoms. The minimum absolute atomic E-state index is 0.237. The van der Waals surface area contributed by atoms with Gasteiger partial charge < -0.3 is 15.0 Å². The summed E-state index contributed by atoms with van der Waals surface area (Å²) in [5.41, 5.74) is 1.11. The zero-order valence-electron chi connectivity index (χ0n) is 13.7. The maximum Gasteiger partial charge on any atom is 0.321 e. The van der Waals surface area contributed by atoms with Crippen molar-refractivity contribution in [3.8, 4) is 5.75 Å². The van der Waals surface area contributed by atoms with Gasteiger partial charge >= 0.3 is 6.03 Å². The molecule has 0 aromatic heterocycles. The predicted molar refractivity (Wildman–Crippen MR) is 84.8 cm³/mol. The van der Waals surface area contributed by atoms with Gasteiger partial charge in [-0.1, -0.05) is 13.8 Å². The van der Waals surface area contributed by atoms with Crippen molar-refractivity contribution < 1.29 is 19.2 Å². The van der Waals surface area contributed by atoms with E-state index in [1.54, 1.807) is 7.11 Å². The molecule has 0 aliphatic carbocycles. The van der Waals surface area contributed by atoms with Crippen molar-refractivity contribution in [3.63, 3.8) is 0 Å². The molecule has 1 aromatic rings. The zero-order valence-corrected chi connectivity index (χ0v) is 13.7. The summed E-state index contributed by atoms with van der Waals surface area (Å²) in [5.74, 6) is 0.873. The smallest absolute Gasteiger partial charge is 0.321 e. The van der Waals surface area contributed by atoms with Crippen molar-refractivity contribution in [2.75, 3.05) is 27.2 Å². The second kappa shape index (κ2) is 9.04. The molecule has 3 amide bonds. The molecule has 3 N–H and O–H groups in total. The Balaban J connectivity index is 2.35. The van der Waals surface area contributed by atoms with Crippen molar-refractivity contribution in [1.82, 2.24) is 10.6 Å². The van der Waals surface area contributed by atoms with Crippen LogP contribution in [0.15, 0.2) is 24.3 Å². The van der Waals surface area contributed by atoms with Crippen LogP contribution in [0.1, 0.15) is 19.4 Å². The van der Waals surface area contributed by atoms with Gasteiger partial charge in [0.1, 0.15) is 12.3 Å². The van der Waals surface area contributed by atoms with Crippen LogP contribution in [0.2, 0.25) is 0 Å². The molecular weight excluding hydrogens is 282 g/mol. The molecule has 6 heteroatoms. The molecule has 1 rings (SSSR count). The Morgan fingerprint density at radius 2 is 1.86 bits per heavy atom. The number of nitrogens with one attached hydrogen (secondary N) is 3. The summed E-state index contributed by atoms with van der Waals surface area (Å²) in [4.78, 5) is 24.3. The second-order valence-electron chi connectivity index (χ2n) is 5.81. The number of rotatable bonds is 7. The fraction of sp³-hybridized carbons (Fsp3) is 0.500. The molecular formula is C16H26N3O3+. The Morgan fingerprint density at radius 3 is 2.41 bits per heavy atom. The summed E-state index contributed by atoms with van der Waals surface area (Å²) in [6.07, 6.45) is 0. The first kappa shape index (κ1) is 18.0. The Kier molecular flexibility index (Phi) is 7.39. The maximum absolute atomic E-state index is 11.8. The van der Waals surface area contributed by atoms with Crippen molar-refractivity contribution in [1.29, 1.82) is 0 Å². The summed E-state index contributed by atoms with van der Waals surface area (Å²) in [5, 5.41) is 4.99. The number of benzene rings is 1. The van der Waals surface area contributed by atoms with E-state index in [0.29, 0.717) is 19.0 Å². The van der Waals surface area contributed by atoms with Gasteiger partial charge in [0.15, 0.2) is 6.54 Å². The van der Waals surface area contributed by atoms with E-state index in [9.17, 15) is 9.59 Å². The van der Waals surface area contributed by atoms with E-state index in [0.717, 1.165) is 16.2 Å². The molecule has 122 valence electrons. The van der Waals surface area contributed by atoms with E-state index in [1.165, 1.54) is 0 Å². The lowest BCUT2D eigenvalue weighted by Gasteiger charge is -2.14. The largest absolute Gasteiger partial charge is 0.497 e. The summed E-state index contributed by atoms with van der Waals surface area (Å²) < 4.78 is 5.11.